The Bertz CT molecular complexity index is 121. The summed E-state index contributed by atoms with van der Waals surface area (Å²) < 4.78 is 0. The number of hydrogen-bond acceptors (Lipinski definition) is 3. The Morgan fingerprint density at radius 2 is 2.38 bits per heavy atom. The molecule has 3 heteroatoms. The van der Waals surface area contributed by atoms with Gasteiger partial charge in [-0.3, -0.25) is 0 Å². The fourth-order valence-electron chi connectivity index (χ4n) is 1.96. The lowest BCUT2D eigenvalue weighted by atomic mass is 9.99. The van der Waals surface area contributed by atoms with E-state index in [0.717, 1.165) is 32.1 Å². The minimum Gasteiger partial charge on any atom is -0.395 e. The zero-order chi connectivity index (χ0) is 9.52. The first-order chi connectivity index (χ1) is 6.36. The van der Waals surface area contributed by atoms with Gasteiger partial charge >= 0.3 is 0 Å². The van der Waals surface area contributed by atoms with Crippen LogP contribution in [-0.4, -0.2) is 49.3 Å². The van der Waals surface area contributed by atoms with Crippen LogP contribution in [0, 0.1) is 5.92 Å². The van der Waals surface area contributed by atoms with Gasteiger partial charge in [0.05, 0.1) is 6.61 Å². The predicted molar refractivity (Wildman–Crippen MR) is 54.8 cm³/mol. The summed E-state index contributed by atoms with van der Waals surface area (Å²) in [4.78, 5) is 2.33. The second-order valence-corrected chi connectivity index (χ2v) is 3.83. The predicted octanol–water partition coefficient (Wildman–Crippen LogP) is 0.300. The second-order valence-electron chi connectivity index (χ2n) is 3.83. The molecule has 0 saturated carbocycles. The van der Waals surface area contributed by atoms with Crippen molar-refractivity contribution >= 4 is 0 Å². The Labute approximate surface area is 81.1 Å². The van der Waals surface area contributed by atoms with Crippen molar-refractivity contribution in [3.63, 3.8) is 0 Å². The molecule has 3 nitrogen and oxygen atoms in total. The number of hydrogen-bond donors (Lipinski definition) is 2. The SMILES string of the molecule is CCN(CCO)C[C@@H]1CCCNC1. The number of likely N-dealkylation sites (N-methyl/N-ethyl adjacent to an activating group) is 1. The van der Waals surface area contributed by atoms with Crippen LogP contribution in [0.2, 0.25) is 0 Å². The quantitative estimate of drug-likeness (QED) is 0.648. The van der Waals surface area contributed by atoms with Crippen LogP contribution >= 0.6 is 0 Å². The lowest BCUT2D eigenvalue weighted by Gasteiger charge is -2.28. The van der Waals surface area contributed by atoms with Gasteiger partial charge in [0, 0.05) is 13.1 Å². The topological polar surface area (TPSA) is 35.5 Å². The molecule has 0 amide bonds. The van der Waals surface area contributed by atoms with E-state index >= 15 is 0 Å². The van der Waals surface area contributed by atoms with Crippen LogP contribution in [0.4, 0.5) is 0 Å². The molecule has 1 rings (SSSR count). The minimum atomic E-state index is 0.286. The molecule has 0 bridgehead atoms. The van der Waals surface area contributed by atoms with Gasteiger partial charge in [0.2, 0.25) is 0 Å². The first-order valence-corrected chi connectivity index (χ1v) is 5.40. The van der Waals surface area contributed by atoms with Crippen LogP contribution in [0.1, 0.15) is 19.8 Å². The Balaban J connectivity index is 2.18. The van der Waals surface area contributed by atoms with Gasteiger partial charge < -0.3 is 15.3 Å². The molecular formula is C10H22N2O. The molecule has 0 spiro atoms. The number of nitrogens with zero attached hydrogens (tertiary/aromatic N) is 1. The van der Waals surface area contributed by atoms with Crippen molar-refractivity contribution < 1.29 is 5.11 Å². The van der Waals surface area contributed by atoms with Crippen LogP contribution in [0.5, 0.6) is 0 Å². The van der Waals surface area contributed by atoms with Gasteiger partial charge in [-0.1, -0.05) is 6.92 Å². The van der Waals surface area contributed by atoms with Crippen LogP contribution in [-0.2, 0) is 0 Å². The summed E-state index contributed by atoms with van der Waals surface area (Å²) in [5, 5.41) is 12.3. The highest BCUT2D eigenvalue weighted by atomic mass is 16.3. The summed E-state index contributed by atoms with van der Waals surface area (Å²) >= 11 is 0. The Hall–Kier alpha value is -0.120. The van der Waals surface area contributed by atoms with Crippen molar-refractivity contribution in [2.45, 2.75) is 19.8 Å². The molecule has 0 aromatic carbocycles. The molecule has 2 N–H and O–H groups in total. The summed E-state index contributed by atoms with van der Waals surface area (Å²) in [7, 11) is 0. The molecule has 78 valence electrons. The second kappa shape index (κ2) is 6.35. The van der Waals surface area contributed by atoms with Crippen LogP contribution in [0.15, 0.2) is 0 Å². The maximum Gasteiger partial charge on any atom is 0.0558 e. The van der Waals surface area contributed by atoms with E-state index in [2.05, 4.69) is 17.1 Å². The molecule has 1 heterocycles. The van der Waals surface area contributed by atoms with Gasteiger partial charge in [-0.15, -0.1) is 0 Å². The van der Waals surface area contributed by atoms with Gasteiger partial charge in [0.1, 0.15) is 0 Å². The molecule has 0 aromatic heterocycles. The fourth-order valence-corrected chi connectivity index (χ4v) is 1.96. The largest absolute Gasteiger partial charge is 0.395 e. The van der Waals surface area contributed by atoms with Crippen molar-refractivity contribution in [3.8, 4) is 0 Å². The average Bonchev–Trinajstić information content (AvgIpc) is 2.19. The highest BCUT2D eigenvalue weighted by Gasteiger charge is 2.15. The molecule has 1 saturated heterocycles. The van der Waals surface area contributed by atoms with Crippen molar-refractivity contribution in [1.29, 1.82) is 0 Å². The smallest absolute Gasteiger partial charge is 0.0558 e. The number of aliphatic hydroxyl groups excluding tert-OH is 1. The lowest BCUT2D eigenvalue weighted by molar-refractivity contribution is 0.170. The van der Waals surface area contributed by atoms with E-state index in [1.807, 2.05) is 0 Å². The summed E-state index contributed by atoms with van der Waals surface area (Å²) in [6.07, 6.45) is 2.65. The normalized spacial score (nSPS) is 23.8. The number of rotatable bonds is 5. The Morgan fingerprint density at radius 3 is 2.92 bits per heavy atom. The molecule has 0 aromatic rings. The van der Waals surface area contributed by atoms with E-state index in [9.17, 15) is 0 Å². The first kappa shape index (κ1) is 11.0. The third-order valence-corrected chi connectivity index (χ3v) is 2.78. The highest BCUT2D eigenvalue weighted by Crippen LogP contribution is 2.11. The fraction of sp³-hybridized carbons (Fsp3) is 1.00. The minimum absolute atomic E-state index is 0.286. The molecule has 1 fully saturated rings. The number of nitrogens with one attached hydrogen (secondary N) is 1. The van der Waals surface area contributed by atoms with E-state index in [1.165, 1.54) is 19.4 Å². The van der Waals surface area contributed by atoms with Crippen molar-refractivity contribution in [1.82, 2.24) is 10.2 Å². The summed E-state index contributed by atoms with van der Waals surface area (Å²) in [6.45, 7) is 7.80. The van der Waals surface area contributed by atoms with Gasteiger partial charge in [0.25, 0.3) is 0 Å². The van der Waals surface area contributed by atoms with Crippen LogP contribution < -0.4 is 5.32 Å². The molecule has 13 heavy (non-hydrogen) atoms. The molecule has 1 aliphatic heterocycles. The van der Waals surface area contributed by atoms with E-state index in [4.69, 9.17) is 5.11 Å². The lowest BCUT2D eigenvalue weighted by Crippen LogP contribution is -2.39. The van der Waals surface area contributed by atoms with Crippen LogP contribution in [0.25, 0.3) is 0 Å². The van der Waals surface area contributed by atoms with Crippen molar-refractivity contribution in [3.05, 3.63) is 0 Å². The van der Waals surface area contributed by atoms with E-state index in [1.54, 1.807) is 0 Å². The van der Waals surface area contributed by atoms with Crippen LogP contribution in [0.3, 0.4) is 0 Å². The molecule has 1 aliphatic rings. The van der Waals surface area contributed by atoms with Gasteiger partial charge in [-0.25, -0.2) is 0 Å². The molecule has 0 unspecified atom stereocenters. The summed E-state index contributed by atoms with van der Waals surface area (Å²) in [5.74, 6) is 0.792. The van der Waals surface area contributed by atoms with Gasteiger partial charge in [-0.05, 0) is 38.4 Å². The third-order valence-electron chi connectivity index (χ3n) is 2.78. The first-order valence-electron chi connectivity index (χ1n) is 5.40. The van der Waals surface area contributed by atoms with E-state index in [-0.39, 0.29) is 6.61 Å². The standard InChI is InChI=1S/C10H22N2O/c1-2-12(6-7-13)9-10-4-3-5-11-8-10/h10-11,13H,2-9H2,1H3/t10-/m1/s1. The number of piperidine rings is 1. The third kappa shape index (κ3) is 4.07. The Kier molecular flexibility index (Phi) is 5.35. The zero-order valence-electron chi connectivity index (χ0n) is 8.63. The molecule has 0 aliphatic carbocycles. The van der Waals surface area contributed by atoms with Crippen molar-refractivity contribution in [2.24, 2.45) is 5.92 Å². The van der Waals surface area contributed by atoms with E-state index < -0.39 is 0 Å². The average molecular weight is 186 g/mol. The maximum absolute atomic E-state index is 8.84. The Morgan fingerprint density at radius 1 is 1.54 bits per heavy atom. The van der Waals surface area contributed by atoms with Crippen molar-refractivity contribution in [2.75, 3.05) is 39.3 Å². The van der Waals surface area contributed by atoms with E-state index in [0.29, 0.717) is 0 Å². The van der Waals surface area contributed by atoms with Gasteiger partial charge in [0.15, 0.2) is 0 Å². The summed E-state index contributed by atoms with van der Waals surface area (Å²) in [5.41, 5.74) is 0. The van der Waals surface area contributed by atoms with Gasteiger partial charge in [-0.2, -0.15) is 0 Å². The molecular weight excluding hydrogens is 164 g/mol. The molecule has 1 atom stereocenters. The summed E-state index contributed by atoms with van der Waals surface area (Å²) in [6, 6.07) is 0. The number of aliphatic hydroxyl groups is 1. The highest BCUT2D eigenvalue weighted by molar-refractivity contribution is 4.72. The molecule has 0 radical (unpaired) electrons. The monoisotopic (exact) mass is 186 g/mol. The zero-order valence-corrected chi connectivity index (χ0v) is 8.63. The maximum atomic E-state index is 8.84.